The lowest BCUT2D eigenvalue weighted by atomic mass is 9.86. The topological polar surface area (TPSA) is 99.7 Å². The number of amides is 2. The SMILES string of the molecule is CC1(C)CNC(=O)C2(CCN(c3cncc(C(=O)N4CCOCC4)n3)CC2)NC1. The second kappa shape index (κ2) is 7.87. The van der Waals surface area contributed by atoms with Gasteiger partial charge in [-0.1, -0.05) is 13.8 Å². The van der Waals surface area contributed by atoms with Crippen molar-refractivity contribution in [2.45, 2.75) is 32.2 Å². The first-order valence-corrected chi connectivity index (χ1v) is 10.4. The van der Waals surface area contributed by atoms with Crippen LogP contribution in [0.5, 0.6) is 0 Å². The zero-order chi connectivity index (χ0) is 20.5. The summed E-state index contributed by atoms with van der Waals surface area (Å²) in [6.45, 7) is 9.42. The molecular formula is C20H30N6O3. The predicted octanol–water partition coefficient (Wildman–Crippen LogP) is 0.0336. The van der Waals surface area contributed by atoms with Gasteiger partial charge in [-0.05, 0) is 18.3 Å². The summed E-state index contributed by atoms with van der Waals surface area (Å²) < 4.78 is 5.31. The lowest BCUT2D eigenvalue weighted by molar-refractivity contribution is -0.127. The number of nitrogens with one attached hydrogen (secondary N) is 2. The number of hydrogen-bond acceptors (Lipinski definition) is 7. The van der Waals surface area contributed by atoms with E-state index < -0.39 is 5.54 Å². The van der Waals surface area contributed by atoms with E-state index in [1.807, 2.05) is 0 Å². The third-order valence-electron chi connectivity index (χ3n) is 6.15. The maximum Gasteiger partial charge on any atom is 0.274 e. The zero-order valence-electron chi connectivity index (χ0n) is 17.2. The smallest absolute Gasteiger partial charge is 0.274 e. The van der Waals surface area contributed by atoms with Crippen molar-refractivity contribution in [1.29, 1.82) is 0 Å². The molecule has 0 atom stereocenters. The van der Waals surface area contributed by atoms with Gasteiger partial charge in [-0.2, -0.15) is 0 Å². The number of aromatic nitrogens is 2. The summed E-state index contributed by atoms with van der Waals surface area (Å²) in [5.74, 6) is 0.668. The molecule has 0 unspecified atom stereocenters. The Labute approximate surface area is 171 Å². The molecular weight excluding hydrogens is 372 g/mol. The van der Waals surface area contributed by atoms with Gasteiger partial charge in [0.15, 0.2) is 0 Å². The van der Waals surface area contributed by atoms with Crippen molar-refractivity contribution >= 4 is 17.6 Å². The number of carbonyl (C=O) groups is 2. The van der Waals surface area contributed by atoms with Crippen molar-refractivity contribution in [3.63, 3.8) is 0 Å². The fourth-order valence-corrected chi connectivity index (χ4v) is 4.10. The minimum atomic E-state index is -0.529. The summed E-state index contributed by atoms with van der Waals surface area (Å²) in [6.07, 6.45) is 4.60. The first-order valence-electron chi connectivity index (χ1n) is 10.4. The van der Waals surface area contributed by atoms with Crippen LogP contribution in [0.3, 0.4) is 0 Å². The summed E-state index contributed by atoms with van der Waals surface area (Å²) in [5.41, 5.74) is -0.133. The largest absolute Gasteiger partial charge is 0.378 e. The van der Waals surface area contributed by atoms with Crippen molar-refractivity contribution in [3.05, 3.63) is 18.1 Å². The summed E-state index contributed by atoms with van der Waals surface area (Å²) in [7, 11) is 0. The Hall–Kier alpha value is -2.26. The Morgan fingerprint density at radius 3 is 2.55 bits per heavy atom. The second-order valence-corrected chi connectivity index (χ2v) is 8.94. The average molecular weight is 402 g/mol. The van der Waals surface area contributed by atoms with Gasteiger partial charge in [-0.3, -0.25) is 14.6 Å². The summed E-state index contributed by atoms with van der Waals surface area (Å²) in [4.78, 5) is 38.2. The molecule has 29 heavy (non-hydrogen) atoms. The Kier molecular flexibility index (Phi) is 5.44. The first-order chi connectivity index (χ1) is 13.9. The number of hydrogen-bond donors (Lipinski definition) is 2. The number of morpholine rings is 1. The van der Waals surface area contributed by atoms with Crippen LogP contribution >= 0.6 is 0 Å². The van der Waals surface area contributed by atoms with Crippen LogP contribution in [-0.2, 0) is 9.53 Å². The molecule has 3 aliphatic heterocycles. The molecule has 4 rings (SSSR count). The van der Waals surface area contributed by atoms with Crippen molar-refractivity contribution in [3.8, 4) is 0 Å². The van der Waals surface area contributed by atoms with Crippen molar-refractivity contribution in [2.75, 3.05) is 57.4 Å². The third kappa shape index (κ3) is 4.20. The van der Waals surface area contributed by atoms with E-state index in [1.54, 1.807) is 11.1 Å². The highest BCUT2D eigenvalue weighted by Crippen LogP contribution is 2.29. The van der Waals surface area contributed by atoms with Crippen LogP contribution in [0.4, 0.5) is 5.82 Å². The molecule has 0 radical (unpaired) electrons. The predicted molar refractivity (Wildman–Crippen MR) is 108 cm³/mol. The van der Waals surface area contributed by atoms with Gasteiger partial charge in [-0.15, -0.1) is 0 Å². The zero-order valence-corrected chi connectivity index (χ0v) is 17.2. The van der Waals surface area contributed by atoms with E-state index in [9.17, 15) is 9.59 Å². The van der Waals surface area contributed by atoms with Crippen molar-refractivity contribution in [2.24, 2.45) is 5.41 Å². The van der Waals surface area contributed by atoms with Crippen LogP contribution in [0, 0.1) is 5.41 Å². The van der Waals surface area contributed by atoms with Gasteiger partial charge in [0.1, 0.15) is 17.1 Å². The molecule has 3 aliphatic rings. The second-order valence-electron chi connectivity index (χ2n) is 8.94. The van der Waals surface area contributed by atoms with Crippen LogP contribution in [0.1, 0.15) is 37.2 Å². The molecule has 0 aliphatic carbocycles. The van der Waals surface area contributed by atoms with Crippen molar-refractivity contribution in [1.82, 2.24) is 25.5 Å². The number of carbonyl (C=O) groups excluding carboxylic acids is 2. The van der Waals surface area contributed by atoms with E-state index in [0.29, 0.717) is 70.3 Å². The molecule has 0 saturated carbocycles. The lowest BCUT2D eigenvalue weighted by Crippen LogP contribution is -2.60. The Morgan fingerprint density at radius 1 is 1.10 bits per heavy atom. The quantitative estimate of drug-likeness (QED) is 0.720. The molecule has 9 heteroatoms. The number of piperidine rings is 1. The van der Waals surface area contributed by atoms with Crippen LogP contribution in [0.2, 0.25) is 0 Å². The van der Waals surface area contributed by atoms with Crippen LogP contribution in [0.25, 0.3) is 0 Å². The van der Waals surface area contributed by atoms with Gasteiger partial charge in [-0.25, -0.2) is 4.98 Å². The molecule has 4 heterocycles. The summed E-state index contributed by atoms with van der Waals surface area (Å²) in [6, 6.07) is 0. The minimum absolute atomic E-state index is 0.0377. The average Bonchev–Trinajstić information content (AvgIpc) is 2.86. The van der Waals surface area contributed by atoms with E-state index >= 15 is 0 Å². The molecule has 2 N–H and O–H groups in total. The Bertz CT molecular complexity index is 769. The molecule has 158 valence electrons. The molecule has 3 saturated heterocycles. The number of anilines is 1. The molecule has 0 aromatic carbocycles. The highest BCUT2D eigenvalue weighted by atomic mass is 16.5. The van der Waals surface area contributed by atoms with E-state index in [0.717, 1.165) is 6.54 Å². The van der Waals surface area contributed by atoms with Gasteiger partial charge >= 0.3 is 0 Å². The fraction of sp³-hybridized carbons (Fsp3) is 0.700. The number of rotatable bonds is 2. The highest BCUT2D eigenvalue weighted by Gasteiger charge is 2.44. The first kappa shape index (κ1) is 20.0. The normalized spacial score (nSPS) is 24.1. The Morgan fingerprint density at radius 2 is 1.83 bits per heavy atom. The molecule has 0 bridgehead atoms. The Balaban J connectivity index is 1.43. The van der Waals surface area contributed by atoms with E-state index in [-0.39, 0.29) is 17.2 Å². The van der Waals surface area contributed by atoms with E-state index in [1.165, 1.54) is 6.20 Å². The van der Waals surface area contributed by atoms with Crippen molar-refractivity contribution < 1.29 is 14.3 Å². The van der Waals surface area contributed by atoms with Gasteiger partial charge in [0.05, 0.1) is 25.6 Å². The minimum Gasteiger partial charge on any atom is -0.378 e. The van der Waals surface area contributed by atoms with E-state index in [2.05, 4.69) is 39.3 Å². The van der Waals surface area contributed by atoms with Gasteiger partial charge in [0.25, 0.3) is 5.91 Å². The lowest BCUT2D eigenvalue weighted by Gasteiger charge is -2.41. The fourth-order valence-electron chi connectivity index (χ4n) is 4.10. The van der Waals surface area contributed by atoms with Crippen LogP contribution in [-0.4, -0.2) is 84.7 Å². The number of nitrogens with zero attached hydrogens (tertiary/aromatic N) is 4. The van der Waals surface area contributed by atoms with Gasteiger partial charge in [0, 0.05) is 39.3 Å². The summed E-state index contributed by atoms with van der Waals surface area (Å²) in [5, 5.41) is 6.64. The van der Waals surface area contributed by atoms with Crippen LogP contribution in [0.15, 0.2) is 12.4 Å². The molecule has 9 nitrogen and oxygen atoms in total. The summed E-state index contributed by atoms with van der Waals surface area (Å²) >= 11 is 0. The third-order valence-corrected chi connectivity index (χ3v) is 6.15. The molecule has 1 aromatic rings. The van der Waals surface area contributed by atoms with Gasteiger partial charge in [0.2, 0.25) is 5.91 Å². The maximum atomic E-state index is 12.8. The van der Waals surface area contributed by atoms with E-state index in [4.69, 9.17) is 4.74 Å². The molecule has 2 amide bonds. The molecule has 1 aromatic heterocycles. The molecule has 1 spiro atoms. The van der Waals surface area contributed by atoms with Gasteiger partial charge < -0.3 is 25.2 Å². The standard InChI is InChI=1S/C20H30N6O3/c1-19(2)13-22-18(28)20(23-14-19)3-5-25(6-4-20)16-12-21-11-15(24-16)17(27)26-7-9-29-10-8-26/h11-12,23H,3-10,13-14H2,1-2H3,(H,22,28). The number of ether oxygens (including phenoxy) is 1. The van der Waals surface area contributed by atoms with Crippen LogP contribution < -0.4 is 15.5 Å². The molecule has 3 fully saturated rings. The monoisotopic (exact) mass is 402 g/mol. The maximum absolute atomic E-state index is 12.8. The highest BCUT2D eigenvalue weighted by molar-refractivity contribution is 5.92.